The van der Waals surface area contributed by atoms with Gasteiger partial charge >= 0.3 is 5.97 Å². The molecule has 3 N–H and O–H groups in total. The number of sulfonamides is 1. The van der Waals surface area contributed by atoms with Crippen LogP contribution in [0.2, 0.25) is 0 Å². The van der Waals surface area contributed by atoms with E-state index in [1.165, 1.54) is 25.2 Å². The largest absolute Gasteiger partial charge is 0.478 e. The molecule has 0 atom stereocenters. The third-order valence-corrected chi connectivity index (χ3v) is 5.10. The number of carboxylic acids is 1. The molecule has 0 spiro atoms. The van der Waals surface area contributed by atoms with Gasteiger partial charge in [0.25, 0.3) is 0 Å². The summed E-state index contributed by atoms with van der Waals surface area (Å²) >= 11 is 0. The molecule has 0 heterocycles. The van der Waals surface area contributed by atoms with E-state index in [9.17, 15) is 13.2 Å². The number of hydrogen-bond acceptors (Lipinski definition) is 4. The Bertz CT molecular complexity index is 608. The number of aromatic carboxylic acids is 1. The number of rotatable bonds is 5. The Morgan fingerprint density at radius 3 is 2.58 bits per heavy atom. The maximum absolute atomic E-state index is 12.1. The molecule has 19 heavy (non-hydrogen) atoms. The van der Waals surface area contributed by atoms with Crippen molar-refractivity contribution in [3.8, 4) is 0 Å². The van der Waals surface area contributed by atoms with Crippen molar-refractivity contribution in [3.05, 3.63) is 23.8 Å². The Kier molecular flexibility index (Phi) is 3.40. The van der Waals surface area contributed by atoms with Crippen molar-refractivity contribution in [2.45, 2.75) is 12.8 Å². The van der Waals surface area contributed by atoms with Crippen LogP contribution in [0.25, 0.3) is 0 Å². The molecule has 0 saturated heterocycles. The Balaban J connectivity index is 2.27. The Labute approximate surface area is 111 Å². The molecular formula is C12H16N2O4S. The summed E-state index contributed by atoms with van der Waals surface area (Å²) in [6.45, 7) is 0. The van der Waals surface area contributed by atoms with Crippen LogP contribution in [0.3, 0.4) is 0 Å². The van der Waals surface area contributed by atoms with Gasteiger partial charge in [0.05, 0.1) is 22.7 Å². The number of nitrogens with two attached hydrogens (primary N) is 1. The quantitative estimate of drug-likeness (QED) is 0.790. The summed E-state index contributed by atoms with van der Waals surface area (Å²) in [5, 5.41) is 8.84. The molecule has 0 radical (unpaired) electrons. The van der Waals surface area contributed by atoms with Gasteiger partial charge in [-0.05, 0) is 37.0 Å². The van der Waals surface area contributed by atoms with Crippen molar-refractivity contribution in [1.29, 1.82) is 0 Å². The monoisotopic (exact) mass is 284 g/mol. The smallest absolute Gasteiger partial charge is 0.335 e. The number of nitrogen functional groups attached to an aromatic ring is 1. The molecule has 1 aromatic rings. The number of anilines is 2. The summed E-state index contributed by atoms with van der Waals surface area (Å²) in [6, 6.07) is 4.03. The normalized spacial score (nSPS) is 15.2. The second-order valence-electron chi connectivity index (χ2n) is 4.77. The molecule has 1 aliphatic carbocycles. The van der Waals surface area contributed by atoms with Crippen LogP contribution in [-0.4, -0.2) is 32.3 Å². The van der Waals surface area contributed by atoms with Gasteiger partial charge in [0.2, 0.25) is 10.0 Å². The predicted octanol–water partition coefficient (Wildman–Crippen LogP) is 1.14. The van der Waals surface area contributed by atoms with Crippen LogP contribution in [0.15, 0.2) is 18.2 Å². The summed E-state index contributed by atoms with van der Waals surface area (Å²) < 4.78 is 25.3. The molecule has 0 unspecified atom stereocenters. The van der Waals surface area contributed by atoms with Gasteiger partial charge in [0, 0.05) is 7.05 Å². The fourth-order valence-electron chi connectivity index (χ4n) is 1.82. The number of nitrogens with zero attached hydrogens (tertiary/aromatic N) is 1. The molecule has 0 aromatic heterocycles. The average Bonchev–Trinajstić information content (AvgIpc) is 3.11. The highest BCUT2D eigenvalue weighted by molar-refractivity contribution is 7.92. The highest BCUT2D eigenvalue weighted by atomic mass is 32.2. The number of carbonyl (C=O) groups is 1. The maximum Gasteiger partial charge on any atom is 0.335 e. The zero-order valence-electron chi connectivity index (χ0n) is 10.5. The summed E-state index contributed by atoms with van der Waals surface area (Å²) in [7, 11) is -1.97. The second-order valence-corrected chi connectivity index (χ2v) is 6.81. The van der Waals surface area contributed by atoms with Gasteiger partial charge in [-0.25, -0.2) is 13.2 Å². The van der Waals surface area contributed by atoms with Crippen LogP contribution < -0.4 is 10.0 Å². The molecule has 6 nitrogen and oxygen atoms in total. The first-order chi connectivity index (χ1) is 8.81. The number of benzene rings is 1. The zero-order valence-corrected chi connectivity index (χ0v) is 11.4. The third kappa shape index (κ3) is 2.98. The first-order valence-corrected chi connectivity index (χ1v) is 7.51. The molecule has 0 aliphatic heterocycles. The molecule has 1 aliphatic rings. The topological polar surface area (TPSA) is 101 Å². The minimum Gasteiger partial charge on any atom is -0.478 e. The maximum atomic E-state index is 12.1. The van der Waals surface area contributed by atoms with Crippen LogP contribution in [-0.2, 0) is 10.0 Å². The Morgan fingerprint density at radius 1 is 1.47 bits per heavy atom. The lowest BCUT2D eigenvalue weighted by Gasteiger charge is -2.21. The van der Waals surface area contributed by atoms with Gasteiger partial charge in [-0.1, -0.05) is 0 Å². The fraction of sp³-hybridized carbons (Fsp3) is 0.417. The lowest BCUT2D eigenvalue weighted by molar-refractivity contribution is 0.0697. The first-order valence-electron chi connectivity index (χ1n) is 5.90. The van der Waals surface area contributed by atoms with Crippen LogP contribution in [0.1, 0.15) is 23.2 Å². The van der Waals surface area contributed by atoms with E-state index in [0.717, 1.165) is 17.1 Å². The molecule has 2 rings (SSSR count). The van der Waals surface area contributed by atoms with Gasteiger partial charge in [-0.15, -0.1) is 0 Å². The lowest BCUT2D eigenvalue weighted by Crippen LogP contribution is -2.30. The van der Waals surface area contributed by atoms with E-state index in [0.29, 0.717) is 5.69 Å². The van der Waals surface area contributed by atoms with Crippen molar-refractivity contribution in [2.75, 3.05) is 22.8 Å². The van der Waals surface area contributed by atoms with Crippen LogP contribution in [0, 0.1) is 5.92 Å². The van der Waals surface area contributed by atoms with Gasteiger partial charge < -0.3 is 10.8 Å². The van der Waals surface area contributed by atoms with Crippen LogP contribution in [0.4, 0.5) is 11.4 Å². The minimum atomic E-state index is -3.40. The molecule has 0 amide bonds. The molecule has 1 fully saturated rings. The van der Waals surface area contributed by atoms with Gasteiger partial charge in [0.1, 0.15) is 0 Å². The predicted molar refractivity (Wildman–Crippen MR) is 72.7 cm³/mol. The van der Waals surface area contributed by atoms with Gasteiger partial charge in [0.15, 0.2) is 0 Å². The van der Waals surface area contributed by atoms with E-state index in [2.05, 4.69) is 0 Å². The first kappa shape index (κ1) is 13.7. The lowest BCUT2D eigenvalue weighted by atomic mass is 10.2. The van der Waals surface area contributed by atoms with Gasteiger partial charge in [-0.2, -0.15) is 0 Å². The van der Waals surface area contributed by atoms with E-state index in [1.54, 1.807) is 0 Å². The van der Waals surface area contributed by atoms with E-state index < -0.39 is 16.0 Å². The molecule has 0 bridgehead atoms. The highest BCUT2D eigenvalue weighted by Crippen LogP contribution is 2.33. The summed E-state index contributed by atoms with van der Waals surface area (Å²) in [6.07, 6.45) is 1.89. The highest BCUT2D eigenvalue weighted by Gasteiger charge is 2.31. The Morgan fingerprint density at radius 2 is 2.11 bits per heavy atom. The van der Waals surface area contributed by atoms with Crippen molar-refractivity contribution in [2.24, 2.45) is 5.92 Å². The van der Waals surface area contributed by atoms with Crippen molar-refractivity contribution < 1.29 is 18.3 Å². The molecule has 1 aromatic carbocycles. The average molecular weight is 284 g/mol. The van der Waals surface area contributed by atoms with E-state index in [4.69, 9.17) is 10.8 Å². The van der Waals surface area contributed by atoms with Crippen LogP contribution >= 0.6 is 0 Å². The molecule has 1 saturated carbocycles. The van der Waals surface area contributed by atoms with Crippen LogP contribution in [0.5, 0.6) is 0 Å². The second kappa shape index (κ2) is 4.73. The number of carboxylic acid groups (broad SMARTS) is 1. The van der Waals surface area contributed by atoms with Crippen molar-refractivity contribution >= 4 is 27.4 Å². The minimum absolute atomic E-state index is 0.0363. The molecular weight excluding hydrogens is 268 g/mol. The van der Waals surface area contributed by atoms with Gasteiger partial charge in [-0.3, -0.25) is 4.31 Å². The Hall–Kier alpha value is -1.76. The van der Waals surface area contributed by atoms with Crippen molar-refractivity contribution in [1.82, 2.24) is 0 Å². The number of hydrogen-bond donors (Lipinski definition) is 2. The standard InChI is InChI=1S/C12H16N2O4S/c1-14(19(17,18)7-8-2-3-8)11-5-4-9(12(15)16)6-10(11)13/h4-6,8H,2-3,7,13H2,1H3,(H,15,16). The third-order valence-electron chi connectivity index (χ3n) is 3.17. The summed E-state index contributed by atoms with van der Waals surface area (Å²) in [5.74, 6) is -0.738. The van der Waals surface area contributed by atoms with E-state index in [1.807, 2.05) is 0 Å². The fourth-order valence-corrected chi connectivity index (χ4v) is 3.44. The molecule has 104 valence electrons. The van der Waals surface area contributed by atoms with E-state index in [-0.39, 0.29) is 22.9 Å². The van der Waals surface area contributed by atoms with Crippen molar-refractivity contribution in [3.63, 3.8) is 0 Å². The molecule has 7 heteroatoms. The summed E-state index contributed by atoms with van der Waals surface area (Å²) in [5.41, 5.74) is 6.22. The summed E-state index contributed by atoms with van der Waals surface area (Å²) in [4.78, 5) is 10.8. The zero-order chi connectivity index (χ0) is 14.2. The SMILES string of the molecule is CN(c1ccc(C(=O)O)cc1N)S(=O)(=O)CC1CC1. The van der Waals surface area contributed by atoms with E-state index >= 15 is 0 Å².